The summed E-state index contributed by atoms with van der Waals surface area (Å²) in [7, 11) is 0. The van der Waals surface area contributed by atoms with Gasteiger partial charge in [-0.05, 0) is 35.7 Å². The molecule has 0 fully saturated rings. The van der Waals surface area contributed by atoms with Gasteiger partial charge in [0.25, 0.3) is 0 Å². The van der Waals surface area contributed by atoms with Gasteiger partial charge < -0.3 is 5.32 Å². The van der Waals surface area contributed by atoms with Gasteiger partial charge in [0.1, 0.15) is 0 Å². The van der Waals surface area contributed by atoms with Crippen LogP contribution in [0.4, 0.5) is 18.9 Å². The van der Waals surface area contributed by atoms with E-state index in [9.17, 15) is 22.8 Å². The van der Waals surface area contributed by atoms with Crippen molar-refractivity contribution in [3.63, 3.8) is 0 Å². The first-order valence-electron chi connectivity index (χ1n) is 7.80. The molecule has 2 N–H and O–H groups in total. The molecular formula is C18H15ClF3N3O2. The monoisotopic (exact) mass is 397 g/mol. The number of halogens is 4. The van der Waals surface area contributed by atoms with E-state index in [1.165, 1.54) is 6.21 Å². The Morgan fingerprint density at radius 2 is 1.78 bits per heavy atom. The minimum atomic E-state index is -4.61. The van der Waals surface area contributed by atoms with Gasteiger partial charge in [-0.2, -0.15) is 18.3 Å². The van der Waals surface area contributed by atoms with Gasteiger partial charge in [0.2, 0.25) is 0 Å². The second-order valence-electron chi connectivity index (χ2n) is 5.44. The van der Waals surface area contributed by atoms with E-state index < -0.39 is 23.6 Å². The van der Waals surface area contributed by atoms with Crippen molar-refractivity contribution in [1.82, 2.24) is 5.43 Å². The molecule has 2 aromatic carbocycles. The normalized spacial score (nSPS) is 11.4. The predicted octanol–water partition coefficient (Wildman–Crippen LogP) is 4.01. The highest BCUT2D eigenvalue weighted by Crippen LogP contribution is 2.33. The summed E-state index contributed by atoms with van der Waals surface area (Å²) in [6.07, 6.45) is -2.39. The van der Waals surface area contributed by atoms with Crippen LogP contribution in [0.25, 0.3) is 0 Å². The number of hydrazone groups is 1. The Morgan fingerprint density at radius 3 is 2.37 bits per heavy atom. The van der Waals surface area contributed by atoms with Crippen LogP contribution in [-0.4, -0.2) is 18.0 Å². The maximum Gasteiger partial charge on any atom is 0.416 e. The number of carbonyl (C=O) groups excluding carboxylic acids is 2. The Bertz CT molecular complexity index is 865. The fourth-order valence-corrected chi connectivity index (χ4v) is 2.20. The smallest absolute Gasteiger partial charge is 0.316 e. The van der Waals surface area contributed by atoms with Gasteiger partial charge in [-0.25, -0.2) is 5.43 Å². The largest absolute Gasteiger partial charge is 0.416 e. The summed E-state index contributed by atoms with van der Waals surface area (Å²) < 4.78 is 38.2. The predicted molar refractivity (Wildman–Crippen MR) is 96.6 cm³/mol. The topological polar surface area (TPSA) is 70.6 Å². The molecule has 142 valence electrons. The molecule has 0 radical (unpaired) electrons. The third kappa shape index (κ3) is 5.82. The first kappa shape index (κ1) is 20.4. The van der Waals surface area contributed by atoms with Gasteiger partial charge in [-0.1, -0.05) is 42.8 Å². The van der Waals surface area contributed by atoms with Crippen LogP contribution in [0.1, 0.15) is 23.6 Å². The SMILES string of the molecule is CCc1ccc(C=NNC(=O)C(=O)Nc2cc(C(F)(F)F)ccc2Cl)cc1. The summed E-state index contributed by atoms with van der Waals surface area (Å²) in [6.45, 7) is 2.01. The second kappa shape index (κ2) is 8.68. The minimum Gasteiger partial charge on any atom is -0.316 e. The van der Waals surface area contributed by atoms with Crippen LogP contribution in [-0.2, 0) is 22.2 Å². The van der Waals surface area contributed by atoms with Crippen molar-refractivity contribution in [1.29, 1.82) is 0 Å². The molecule has 0 heterocycles. The fourth-order valence-electron chi connectivity index (χ4n) is 2.03. The van der Waals surface area contributed by atoms with Crippen LogP contribution in [0.3, 0.4) is 0 Å². The van der Waals surface area contributed by atoms with Crippen LogP contribution >= 0.6 is 11.6 Å². The van der Waals surface area contributed by atoms with Crippen LogP contribution in [0.15, 0.2) is 47.6 Å². The third-order valence-corrected chi connectivity index (χ3v) is 3.85. The van der Waals surface area contributed by atoms with E-state index in [-0.39, 0.29) is 10.7 Å². The van der Waals surface area contributed by atoms with Gasteiger partial charge in [-0.3, -0.25) is 9.59 Å². The molecule has 0 saturated carbocycles. The van der Waals surface area contributed by atoms with Crippen LogP contribution in [0.5, 0.6) is 0 Å². The number of benzene rings is 2. The van der Waals surface area contributed by atoms with Crippen molar-refractivity contribution in [3.05, 3.63) is 64.2 Å². The molecule has 0 unspecified atom stereocenters. The highest BCUT2D eigenvalue weighted by atomic mass is 35.5. The first-order chi connectivity index (χ1) is 12.7. The zero-order valence-electron chi connectivity index (χ0n) is 14.1. The number of hydrogen-bond acceptors (Lipinski definition) is 3. The number of hydrogen-bond donors (Lipinski definition) is 2. The maximum atomic E-state index is 12.7. The summed E-state index contributed by atoms with van der Waals surface area (Å²) in [6, 6.07) is 9.76. The zero-order valence-corrected chi connectivity index (χ0v) is 14.9. The third-order valence-electron chi connectivity index (χ3n) is 3.52. The lowest BCUT2D eigenvalue weighted by atomic mass is 10.1. The number of alkyl halides is 3. The molecule has 27 heavy (non-hydrogen) atoms. The van der Waals surface area contributed by atoms with Crippen molar-refractivity contribution >= 4 is 35.3 Å². The van der Waals surface area contributed by atoms with E-state index in [1.54, 1.807) is 12.1 Å². The summed E-state index contributed by atoms with van der Waals surface area (Å²) in [5, 5.41) is 5.53. The Kier molecular flexibility index (Phi) is 6.57. The molecule has 0 bridgehead atoms. The molecule has 0 aliphatic rings. The molecule has 0 aromatic heterocycles. The summed E-state index contributed by atoms with van der Waals surface area (Å²) in [5.41, 5.74) is 2.50. The molecule has 5 nitrogen and oxygen atoms in total. The van der Waals surface area contributed by atoms with Gasteiger partial charge in [0.15, 0.2) is 0 Å². The molecule has 2 rings (SSSR count). The second-order valence-corrected chi connectivity index (χ2v) is 5.85. The molecule has 0 aliphatic carbocycles. The molecular weight excluding hydrogens is 383 g/mol. The standard InChI is InChI=1S/C18H15ClF3N3O2/c1-2-11-3-5-12(6-4-11)10-23-25-17(27)16(26)24-15-9-13(18(20,21)22)7-8-14(15)19/h3-10H,2H2,1H3,(H,24,26)(H,25,27). The maximum absolute atomic E-state index is 12.7. The number of aryl methyl sites for hydroxylation is 1. The van der Waals surface area contributed by atoms with Crippen molar-refractivity contribution in [3.8, 4) is 0 Å². The van der Waals surface area contributed by atoms with Crippen molar-refractivity contribution < 1.29 is 22.8 Å². The van der Waals surface area contributed by atoms with E-state index in [0.717, 1.165) is 24.1 Å². The van der Waals surface area contributed by atoms with Gasteiger partial charge in [-0.15, -0.1) is 0 Å². The van der Waals surface area contributed by atoms with Crippen molar-refractivity contribution in [2.24, 2.45) is 5.10 Å². The summed E-state index contributed by atoms with van der Waals surface area (Å²) in [4.78, 5) is 23.5. The minimum absolute atomic E-state index is 0.135. The Morgan fingerprint density at radius 1 is 1.11 bits per heavy atom. The highest BCUT2D eigenvalue weighted by molar-refractivity contribution is 6.41. The molecule has 0 spiro atoms. The first-order valence-corrected chi connectivity index (χ1v) is 8.18. The van der Waals surface area contributed by atoms with Crippen LogP contribution in [0, 0.1) is 0 Å². The lowest BCUT2D eigenvalue weighted by Crippen LogP contribution is -2.32. The Labute approximate surface area is 158 Å². The lowest BCUT2D eigenvalue weighted by Gasteiger charge is -2.11. The van der Waals surface area contributed by atoms with Gasteiger partial charge in [0.05, 0.1) is 22.5 Å². The molecule has 0 atom stereocenters. The van der Waals surface area contributed by atoms with E-state index in [2.05, 4.69) is 5.10 Å². The molecule has 0 aliphatic heterocycles. The molecule has 2 aromatic rings. The van der Waals surface area contributed by atoms with E-state index in [1.807, 2.05) is 29.8 Å². The van der Waals surface area contributed by atoms with E-state index >= 15 is 0 Å². The quantitative estimate of drug-likeness (QED) is 0.465. The average Bonchev–Trinajstić information content (AvgIpc) is 2.63. The Hall–Kier alpha value is -2.87. The molecule has 9 heteroatoms. The number of rotatable bonds is 4. The van der Waals surface area contributed by atoms with E-state index in [0.29, 0.717) is 11.6 Å². The number of nitrogens with zero attached hydrogens (tertiary/aromatic N) is 1. The lowest BCUT2D eigenvalue weighted by molar-refractivity contribution is -0.137. The van der Waals surface area contributed by atoms with Crippen molar-refractivity contribution in [2.75, 3.05) is 5.32 Å². The molecule has 2 amide bonds. The Balaban J connectivity index is 1.99. The molecule has 0 saturated heterocycles. The average molecular weight is 398 g/mol. The number of carbonyl (C=O) groups is 2. The number of nitrogens with one attached hydrogen (secondary N) is 2. The fraction of sp³-hybridized carbons (Fsp3) is 0.167. The van der Waals surface area contributed by atoms with Crippen LogP contribution < -0.4 is 10.7 Å². The number of amides is 2. The highest BCUT2D eigenvalue weighted by Gasteiger charge is 2.31. The summed E-state index contributed by atoms with van der Waals surface area (Å²) >= 11 is 5.76. The zero-order chi connectivity index (χ0) is 20.0. The number of anilines is 1. The van der Waals surface area contributed by atoms with Gasteiger partial charge in [0, 0.05) is 0 Å². The summed E-state index contributed by atoms with van der Waals surface area (Å²) in [5.74, 6) is -2.35. The van der Waals surface area contributed by atoms with Crippen LogP contribution in [0.2, 0.25) is 5.02 Å². The van der Waals surface area contributed by atoms with E-state index in [4.69, 9.17) is 11.6 Å². The van der Waals surface area contributed by atoms with Gasteiger partial charge >= 0.3 is 18.0 Å². The van der Waals surface area contributed by atoms with Crippen molar-refractivity contribution in [2.45, 2.75) is 19.5 Å².